The first kappa shape index (κ1) is 23.2. The molecule has 13 heteroatoms. The zero-order chi connectivity index (χ0) is 24.8. The number of fused-ring (bicyclic) bond motifs is 1. The highest BCUT2D eigenvalue weighted by atomic mass is 19.4. The average molecular weight is 486 g/mol. The molecule has 0 radical (unpaired) electrons. The molecule has 0 saturated heterocycles. The number of nitrogens with zero attached hydrogens (tertiary/aromatic N) is 4. The van der Waals surface area contributed by atoms with E-state index in [9.17, 15) is 35.1 Å². The van der Waals surface area contributed by atoms with Gasteiger partial charge in [-0.15, -0.1) is 0 Å². The van der Waals surface area contributed by atoms with Crippen LogP contribution in [0.5, 0.6) is 0 Å². The van der Waals surface area contributed by atoms with E-state index in [2.05, 4.69) is 15.0 Å². The van der Waals surface area contributed by atoms with Crippen molar-refractivity contribution in [1.29, 1.82) is 0 Å². The van der Waals surface area contributed by atoms with Crippen molar-refractivity contribution in [3.8, 4) is 11.5 Å². The van der Waals surface area contributed by atoms with Gasteiger partial charge >= 0.3 is 12.4 Å². The van der Waals surface area contributed by atoms with E-state index >= 15 is 0 Å². The molecule has 2 aromatic heterocycles. The molecule has 0 bridgehead atoms. The fraction of sp³-hybridized carbons (Fsp3) is 0.190. The van der Waals surface area contributed by atoms with Gasteiger partial charge in [0, 0.05) is 28.2 Å². The van der Waals surface area contributed by atoms with Gasteiger partial charge < -0.3 is 9.09 Å². The second kappa shape index (κ2) is 8.12. The summed E-state index contributed by atoms with van der Waals surface area (Å²) in [5, 5.41) is 2.99. The second-order valence-electron chi connectivity index (χ2n) is 7.19. The van der Waals surface area contributed by atoms with Crippen LogP contribution in [0, 0.1) is 18.2 Å². The third kappa shape index (κ3) is 4.57. The molecule has 34 heavy (non-hydrogen) atoms. The van der Waals surface area contributed by atoms with Crippen molar-refractivity contribution in [1.82, 2.24) is 14.7 Å². The third-order valence-electron chi connectivity index (χ3n) is 4.81. The van der Waals surface area contributed by atoms with Crippen LogP contribution in [0.25, 0.3) is 27.2 Å². The van der Waals surface area contributed by atoms with Crippen LogP contribution in [0.3, 0.4) is 0 Å². The van der Waals surface area contributed by atoms with Gasteiger partial charge in [-0.25, -0.2) is 13.6 Å². The van der Waals surface area contributed by atoms with Crippen LogP contribution in [-0.2, 0) is 19.1 Å². The van der Waals surface area contributed by atoms with Crippen LogP contribution in [0.4, 0.5) is 40.8 Å². The Morgan fingerprint density at radius 3 is 2.24 bits per heavy atom. The van der Waals surface area contributed by atoms with E-state index in [4.69, 9.17) is 11.1 Å². The first-order valence-corrected chi connectivity index (χ1v) is 9.31. The summed E-state index contributed by atoms with van der Waals surface area (Å²) in [6, 6.07) is 5.07. The molecule has 0 fully saturated rings. The minimum absolute atomic E-state index is 0.134. The Bertz CT molecular complexity index is 1410. The van der Waals surface area contributed by atoms with Crippen molar-refractivity contribution in [2.75, 3.05) is 0 Å². The van der Waals surface area contributed by atoms with Gasteiger partial charge in [0.1, 0.15) is 11.6 Å². The zero-order valence-corrected chi connectivity index (χ0v) is 16.6. The third-order valence-corrected chi connectivity index (χ3v) is 4.81. The van der Waals surface area contributed by atoms with Gasteiger partial charge in [-0.05, 0) is 24.3 Å². The molecule has 0 N–H and O–H groups in total. The molecule has 2 heterocycles. The molecule has 4 aromatic rings. The maximum absolute atomic E-state index is 13.7. The molecule has 0 atom stereocenters. The topological polar surface area (TPSA) is 48.2 Å². The first-order valence-electron chi connectivity index (χ1n) is 9.31. The van der Waals surface area contributed by atoms with E-state index in [-0.39, 0.29) is 22.8 Å². The van der Waals surface area contributed by atoms with Crippen molar-refractivity contribution in [3.63, 3.8) is 0 Å². The molecule has 0 amide bonds. The predicted octanol–water partition coefficient (Wildman–Crippen LogP) is 6.69. The molecule has 0 unspecified atom stereocenters. The molecule has 0 saturated carbocycles. The lowest BCUT2D eigenvalue weighted by molar-refractivity contribution is -0.135. The van der Waals surface area contributed by atoms with Gasteiger partial charge in [0.15, 0.2) is 11.5 Å². The molecule has 4 rings (SSSR count). The van der Waals surface area contributed by atoms with Crippen LogP contribution < -0.4 is 0 Å². The van der Waals surface area contributed by atoms with Crippen molar-refractivity contribution >= 4 is 16.6 Å². The summed E-state index contributed by atoms with van der Waals surface area (Å²) >= 11 is 0. The molecular formula is C21H10F8N4O. The van der Waals surface area contributed by atoms with E-state index in [1.807, 2.05) is 0 Å². The first-order chi connectivity index (χ1) is 15.9. The summed E-state index contributed by atoms with van der Waals surface area (Å²) in [4.78, 5) is 6.74. The van der Waals surface area contributed by atoms with Crippen molar-refractivity contribution < 1.29 is 39.6 Å². The Kier molecular flexibility index (Phi) is 5.55. The molecule has 0 aliphatic carbocycles. The molecular weight excluding hydrogens is 476 g/mol. The van der Waals surface area contributed by atoms with Crippen LogP contribution in [0.15, 0.2) is 40.9 Å². The normalized spacial score (nSPS) is 12.3. The van der Waals surface area contributed by atoms with Crippen LogP contribution in [0.2, 0.25) is 0 Å². The lowest BCUT2D eigenvalue weighted by Gasteiger charge is -2.12. The Balaban J connectivity index is 1.84. The van der Waals surface area contributed by atoms with Crippen LogP contribution in [0.1, 0.15) is 17.1 Å². The molecule has 5 nitrogen and oxygen atoms in total. The van der Waals surface area contributed by atoms with Gasteiger partial charge in [0.2, 0.25) is 0 Å². The fourth-order valence-corrected chi connectivity index (χ4v) is 3.56. The highest BCUT2D eigenvalue weighted by Gasteiger charge is 2.37. The summed E-state index contributed by atoms with van der Waals surface area (Å²) in [5.74, 6) is -2.46. The summed E-state index contributed by atoms with van der Waals surface area (Å²) in [6.07, 6.45) is -11.3. The van der Waals surface area contributed by atoms with Gasteiger partial charge in [-0.3, -0.25) is 0 Å². The molecule has 0 aliphatic rings. The summed E-state index contributed by atoms with van der Waals surface area (Å²) in [7, 11) is 0. The Morgan fingerprint density at radius 2 is 1.65 bits per heavy atom. The number of alkyl halides is 6. The largest absolute Gasteiger partial charge is 0.408 e. The predicted molar refractivity (Wildman–Crippen MR) is 102 cm³/mol. The smallest absolute Gasteiger partial charge is 0.337 e. The van der Waals surface area contributed by atoms with Crippen LogP contribution >= 0.6 is 0 Å². The quantitative estimate of drug-likeness (QED) is 0.239. The van der Waals surface area contributed by atoms with E-state index in [1.54, 1.807) is 0 Å². The highest BCUT2D eigenvalue weighted by molar-refractivity contribution is 5.90. The van der Waals surface area contributed by atoms with Gasteiger partial charge in [0.05, 0.1) is 25.1 Å². The summed E-state index contributed by atoms with van der Waals surface area (Å²) in [6.45, 7) is 6.45. The van der Waals surface area contributed by atoms with E-state index in [0.29, 0.717) is 6.07 Å². The molecule has 176 valence electrons. The monoisotopic (exact) mass is 486 g/mol. The molecule has 0 aliphatic heterocycles. The van der Waals surface area contributed by atoms with Crippen LogP contribution in [-0.4, -0.2) is 20.9 Å². The number of rotatable bonds is 4. The Morgan fingerprint density at radius 1 is 0.971 bits per heavy atom. The number of hydrogen-bond donors (Lipinski definition) is 0. The average Bonchev–Trinajstić information content (AvgIpc) is 3.30. The van der Waals surface area contributed by atoms with Crippen molar-refractivity contribution in [3.05, 3.63) is 76.5 Å². The zero-order valence-electron chi connectivity index (χ0n) is 16.6. The minimum atomic E-state index is -5.00. The fourth-order valence-electron chi connectivity index (χ4n) is 3.56. The van der Waals surface area contributed by atoms with E-state index in [1.165, 1.54) is 0 Å². The second-order valence-corrected chi connectivity index (χ2v) is 7.19. The van der Waals surface area contributed by atoms with Crippen molar-refractivity contribution in [2.45, 2.75) is 25.3 Å². The Labute approximate surface area is 185 Å². The maximum atomic E-state index is 13.7. The summed E-state index contributed by atoms with van der Waals surface area (Å²) < 4.78 is 113. The highest BCUT2D eigenvalue weighted by Crippen LogP contribution is 2.43. The minimum Gasteiger partial charge on any atom is -0.337 e. The standard InChI is InChI=1S/C21H10F8N4O/c1-30-15-2-3-16-14(18(15)21(27,28)29)7-13(8-20(24,25)26)33(16)9-17-31-19(34-32-17)10-4-11(22)6-12(23)5-10/h2-7H,8-9H2. The number of aromatic nitrogens is 3. The lowest BCUT2D eigenvalue weighted by Crippen LogP contribution is -2.16. The lowest BCUT2D eigenvalue weighted by atomic mass is 10.1. The van der Waals surface area contributed by atoms with Crippen molar-refractivity contribution in [2.24, 2.45) is 0 Å². The molecule has 0 spiro atoms. The SMILES string of the molecule is [C-]#[N+]c1ccc2c(cc(CC(F)(F)F)n2Cc2noc(-c3cc(F)cc(F)c3)n2)c1C(F)(F)F. The van der Waals surface area contributed by atoms with E-state index in [0.717, 1.165) is 34.9 Å². The van der Waals surface area contributed by atoms with Gasteiger partial charge in [-0.2, -0.15) is 31.3 Å². The van der Waals surface area contributed by atoms with E-state index < -0.39 is 59.3 Å². The summed E-state index contributed by atoms with van der Waals surface area (Å²) in [5.41, 5.74) is -3.01. The Hall–Kier alpha value is -3.95. The van der Waals surface area contributed by atoms with Gasteiger partial charge in [0.25, 0.3) is 5.89 Å². The number of hydrogen-bond acceptors (Lipinski definition) is 3. The number of halogens is 8. The van der Waals surface area contributed by atoms with Gasteiger partial charge in [-0.1, -0.05) is 11.2 Å². The maximum Gasteiger partial charge on any atom is 0.408 e. The number of benzene rings is 2. The molecule has 2 aromatic carbocycles.